The van der Waals surface area contributed by atoms with Gasteiger partial charge in [-0.05, 0) is 45.2 Å². The molecule has 1 saturated heterocycles. The number of H-pyrrole nitrogens is 1. The Hall–Kier alpha value is -3.33. The molecule has 3 aromatic rings. The monoisotopic (exact) mass is 424 g/mol. The van der Waals surface area contributed by atoms with Crippen molar-refractivity contribution in [3.63, 3.8) is 0 Å². The summed E-state index contributed by atoms with van der Waals surface area (Å²) in [6.07, 6.45) is 1.80. The van der Waals surface area contributed by atoms with E-state index in [1.807, 2.05) is 24.0 Å². The van der Waals surface area contributed by atoms with E-state index in [0.717, 1.165) is 18.5 Å². The van der Waals surface area contributed by atoms with Gasteiger partial charge in [-0.2, -0.15) is 9.97 Å². The number of carbonyl (C=O) groups excluding carboxylic acids is 1. The highest BCUT2D eigenvalue weighted by Crippen LogP contribution is 2.30. The van der Waals surface area contributed by atoms with Gasteiger partial charge in [0.2, 0.25) is 11.8 Å². The molecule has 0 saturated carbocycles. The van der Waals surface area contributed by atoms with E-state index in [9.17, 15) is 4.79 Å². The Bertz CT molecular complexity index is 1080. The highest BCUT2D eigenvalue weighted by atomic mass is 16.5. The van der Waals surface area contributed by atoms with Crippen LogP contribution in [0.2, 0.25) is 0 Å². The van der Waals surface area contributed by atoms with Gasteiger partial charge in [0, 0.05) is 37.4 Å². The Morgan fingerprint density at radius 1 is 1.29 bits per heavy atom. The number of rotatable bonds is 6. The molecule has 0 aliphatic carbocycles. The number of aromatic amines is 1. The summed E-state index contributed by atoms with van der Waals surface area (Å²) in [6, 6.07) is 7.41. The van der Waals surface area contributed by atoms with Gasteiger partial charge in [0.15, 0.2) is 0 Å². The number of fused-ring (bicyclic) bond motifs is 1. The van der Waals surface area contributed by atoms with Crippen LogP contribution in [-0.2, 0) is 0 Å². The number of ether oxygens (including phenoxy) is 2. The first kappa shape index (κ1) is 20.9. The molecule has 2 aromatic heterocycles. The summed E-state index contributed by atoms with van der Waals surface area (Å²) in [5.74, 6) is 1.43. The quantitative estimate of drug-likeness (QED) is 0.628. The lowest BCUT2D eigenvalue weighted by atomic mass is 10.1. The van der Waals surface area contributed by atoms with Crippen LogP contribution in [0.25, 0.3) is 11.0 Å². The van der Waals surface area contributed by atoms with E-state index in [-0.39, 0.29) is 11.9 Å². The van der Waals surface area contributed by atoms with E-state index in [1.165, 1.54) is 0 Å². The number of anilines is 2. The number of nitrogens with zero attached hydrogens (tertiary/aromatic N) is 4. The molecule has 2 N–H and O–H groups in total. The lowest BCUT2D eigenvalue weighted by molar-refractivity contribution is 0.0533. The highest BCUT2D eigenvalue weighted by Gasteiger charge is 2.27. The minimum atomic E-state index is 0.00753. The predicted molar refractivity (Wildman–Crippen MR) is 119 cm³/mol. The van der Waals surface area contributed by atoms with Crippen molar-refractivity contribution >= 4 is 28.6 Å². The van der Waals surface area contributed by atoms with Crippen molar-refractivity contribution in [2.75, 3.05) is 45.7 Å². The van der Waals surface area contributed by atoms with Crippen molar-refractivity contribution in [2.24, 2.45) is 0 Å². The number of nitrogens with one attached hydrogen (secondary N) is 2. The Balaban J connectivity index is 1.59. The van der Waals surface area contributed by atoms with Crippen LogP contribution in [0, 0.1) is 0 Å². The molecular formula is C22H28N6O3. The van der Waals surface area contributed by atoms with Crippen LogP contribution < -0.4 is 14.8 Å². The highest BCUT2D eigenvalue weighted by molar-refractivity contribution is 5.95. The first-order valence-corrected chi connectivity index (χ1v) is 10.4. The number of methoxy groups -OCH3 is 1. The lowest BCUT2D eigenvalue weighted by Crippen LogP contribution is -2.52. The standard InChI is InChI=1S/C22H28N6O3/c1-5-31-20-16-8-9-23-19(16)25-22(26-20)24-17-7-6-15(12-18(17)30-4)21(29)28-11-10-27(3)13-14(28)2/h6-9,12,14H,5,10-11,13H2,1-4H3,(H2,23,24,25,26)/t14-/m1/s1. The van der Waals surface area contributed by atoms with E-state index < -0.39 is 0 Å². The van der Waals surface area contributed by atoms with Crippen molar-refractivity contribution in [1.29, 1.82) is 0 Å². The van der Waals surface area contributed by atoms with Gasteiger partial charge in [0.25, 0.3) is 5.91 Å². The molecule has 1 atom stereocenters. The zero-order valence-corrected chi connectivity index (χ0v) is 18.3. The van der Waals surface area contributed by atoms with Crippen LogP contribution >= 0.6 is 0 Å². The summed E-state index contributed by atoms with van der Waals surface area (Å²) < 4.78 is 11.2. The van der Waals surface area contributed by atoms with E-state index in [2.05, 4.69) is 39.1 Å². The summed E-state index contributed by atoms with van der Waals surface area (Å²) in [4.78, 5) is 29.3. The largest absolute Gasteiger partial charge is 0.495 e. The average molecular weight is 425 g/mol. The predicted octanol–water partition coefficient (Wildman–Crippen LogP) is 2.88. The molecule has 1 aromatic carbocycles. The average Bonchev–Trinajstić information content (AvgIpc) is 3.23. The molecule has 9 heteroatoms. The third kappa shape index (κ3) is 4.27. The van der Waals surface area contributed by atoms with Crippen LogP contribution in [0.1, 0.15) is 24.2 Å². The molecule has 164 valence electrons. The fraction of sp³-hybridized carbons (Fsp3) is 0.409. The van der Waals surface area contributed by atoms with E-state index in [1.54, 1.807) is 25.4 Å². The Labute approximate surface area is 181 Å². The second-order valence-electron chi connectivity index (χ2n) is 7.68. The summed E-state index contributed by atoms with van der Waals surface area (Å²) >= 11 is 0. The van der Waals surface area contributed by atoms with Gasteiger partial charge >= 0.3 is 0 Å². The third-order valence-electron chi connectivity index (χ3n) is 5.45. The molecule has 0 spiro atoms. The van der Waals surface area contributed by atoms with Crippen molar-refractivity contribution < 1.29 is 14.3 Å². The summed E-state index contributed by atoms with van der Waals surface area (Å²) in [6.45, 7) is 6.93. The molecule has 4 rings (SSSR count). The van der Waals surface area contributed by atoms with Gasteiger partial charge in [0.05, 0.1) is 24.8 Å². The second-order valence-corrected chi connectivity index (χ2v) is 7.68. The molecule has 0 radical (unpaired) electrons. The minimum Gasteiger partial charge on any atom is -0.495 e. The number of benzene rings is 1. The number of carbonyl (C=O) groups is 1. The minimum absolute atomic E-state index is 0.00753. The SMILES string of the molecule is CCOc1nc(Nc2ccc(C(=O)N3CCN(C)C[C@H]3C)cc2OC)nc2[nH]ccc12. The van der Waals surface area contributed by atoms with Crippen LogP contribution in [-0.4, -0.2) is 77.1 Å². The van der Waals surface area contributed by atoms with Crippen molar-refractivity contribution in [1.82, 2.24) is 24.8 Å². The molecule has 1 aliphatic heterocycles. The smallest absolute Gasteiger partial charge is 0.254 e. The van der Waals surface area contributed by atoms with Gasteiger partial charge in [-0.15, -0.1) is 0 Å². The Morgan fingerprint density at radius 3 is 2.87 bits per heavy atom. The van der Waals surface area contributed by atoms with Crippen LogP contribution in [0.15, 0.2) is 30.5 Å². The lowest BCUT2D eigenvalue weighted by Gasteiger charge is -2.38. The van der Waals surface area contributed by atoms with Crippen molar-refractivity contribution in [2.45, 2.75) is 19.9 Å². The maximum Gasteiger partial charge on any atom is 0.254 e. The summed E-state index contributed by atoms with van der Waals surface area (Å²) in [5.41, 5.74) is 1.93. The summed E-state index contributed by atoms with van der Waals surface area (Å²) in [5, 5.41) is 4.01. The molecule has 1 amide bonds. The molecule has 0 unspecified atom stereocenters. The molecule has 31 heavy (non-hydrogen) atoms. The molecule has 9 nitrogen and oxygen atoms in total. The Kier molecular flexibility index (Phi) is 5.94. The summed E-state index contributed by atoms with van der Waals surface area (Å²) in [7, 11) is 3.65. The number of aromatic nitrogens is 3. The Morgan fingerprint density at radius 2 is 2.13 bits per heavy atom. The van der Waals surface area contributed by atoms with E-state index in [4.69, 9.17) is 9.47 Å². The zero-order valence-electron chi connectivity index (χ0n) is 18.3. The fourth-order valence-electron chi connectivity index (χ4n) is 3.87. The van der Waals surface area contributed by atoms with Crippen molar-refractivity contribution in [3.8, 4) is 11.6 Å². The number of piperazine rings is 1. The molecule has 1 aliphatic rings. The van der Waals surface area contributed by atoms with Gasteiger partial charge in [-0.3, -0.25) is 4.79 Å². The van der Waals surface area contributed by atoms with Crippen LogP contribution in [0.5, 0.6) is 11.6 Å². The third-order valence-corrected chi connectivity index (χ3v) is 5.45. The molecule has 3 heterocycles. The van der Waals surface area contributed by atoms with E-state index >= 15 is 0 Å². The number of hydrogen-bond donors (Lipinski definition) is 2. The zero-order chi connectivity index (χ0) is 22.0. The van der Waals surface area contributed by atoms with Gasteiger partial charge < -0.3 is 29.6 Å². The van der Waals surface area contributed by atoms with Gasteiger partial charge in [-0.1, -0.05) is 0 Å². The van der Waals surface area contributed by atoms with E-state index in [0.29, 0.717) is 47.6 Å². The maximum atomic E-state index is 13.1. The molecule has 0 bridgehead atoms. The fourth-order valence-corrected chi connectivity index (χ4v) is 3.87. The van der Waals surface area contributed by atoms with Gasteiger partial charge in [0.1, 0.15) is 11.4 Å². The van der Waals surface area contributed by atoms with Crippen LogP contribution in [0.3, 0.4) is 0 Å². The first-order valence-electron chi connectivity index (χ1n) is 10.4. The second kappa shape index (κ2) is 8.81. The molecular weight excluding hydrogens is 396 g/mol. The maximum absolute atomic E-state index is 13.1. The van der Waals surface area contributed by atoms with Gasteiger partial charge in [-0.25, -0.2) is 0 Å². The van der Waals surface area contributed by atoms with Crippen molar-refractivity contribution in [3.05, 3.63) is 36.0 Å². The number of hydrogen-bond acceptors (Lipinski definition) is 7. The number of likely N-dealkylation sites (N-methyl/N-ethyl adjacent to an activating group) is 1. The van der Waals surface area contributed by atoms with Crippen LogP contribution in [0.4, 0.5) is 11.6 Å². The number of amides is 1. The topological polar surface area (TPSA) is 95.6 Å². The normalized spacial score (nSPS) is 17.0. The first-order chi connectivity index (χ1) is 15.0. The molecule has 1 fully saturated rings.